The number of rotatable bonds is 4. The summed E-state index contributed by atoms with van der Waals surface area (Å²) in [6.45, 7) is 1.71. The maximum atomic E-state index is 12.9. The average molecular weight is 420 g/mol. The van der Waals surface area contributed by atoms with Crippen LogP contribution in [-0.4, -0.2) is 28.8 Å². The number of nitrogens with one attached hydrogen (secondary N) is 1. The molecule has 4 rings (SSSR count). The van der Waals surface area contributed by atoms with E-state index in [1.807, 2.05) is 12.1 Å². The van der Waals surface area contributed by atoms with E-state index < -0.39 is 22.7 Å². The highest BCUT2D eigenvalue weighted by atomic mass is 32.2. The standard InChI is InChI=1S/C18H15F3N6OS/c1-11-6-16(27-10-13(8-24-27)18(19,20)21)22-9-15(11)29(28)25-14-5-3-4-12-7-23-26(2)17(12)14/h3-10,25H,1-2H3. The van der Waals surface area contributed by atoms with Crippen molar-refractivity contribution in [1.29, 1.82) is 0 Å². The molecule has 1 N–H and O–H groups in total. The third-order valence-electron chi connectivity index (χ3n) is 4.36. The van der Waals surface area contributed by atoms with E-state index in [0.29, 0.717) is 16.1 Å². The Morgan fingerprint density at radius 2 is 1.93 bits per heavy atom. The van der Waals surface area contributed by atoms with E-state index in [1.165, 1.54) is 12.3 Å². The van der Waals surface area contributed by atoms with E-state index in [2.05, 4.69) is 19.9 Å². The molecule has 1 atom stereocenters. The van der Waals surface area contributed by atoms with Gasteiger partial charge in [-0.2, -0.15) is 23.4 Å². The van der Waals surface area contributed by atoms with Gasteiger partial charge in [-0.3, -0.25) is 9.40 Å². The first-order valence-corrected chi connectivity index (χ1v) is 9.57. The molecular weight excluding hydrogens is 405 g/mol. The van der Waals surface area contributed by atoms with Crippen molar-refractivity contribution in [3.8, 4) is 5.82 Å². The number of nitrogens with zero attached hydrogens (tertiary/aromatic N) is 5. The second kappa shape index (κ2) is 6.99. The second-order valence-corrected chi connectivity index (χ2v) is 7.54. The van der Waals surface area contributed by atoms with Gasteiger partial charge in [-0.25, -0.2) is 13.9 Å². The van der Waals surface area contributed by atoms with Crippen LogP contribution >= 0.6 is 0 Å². The molecule has 29 heavy (non-hydrogen) atoms. The molecule has 4 aromatic rings. The first-order chi connectivity index (χ1) is 13.7. The van der Waals surface area contributed by atoms with Gasteiger partial charge in [0.15, 0.2) is 16.8 Å². The van der Waals surface area contributed by atoms with Crippen LogP contribution in [-0.2, 0) is 24.2 Å². The van der Waals surface area contributed by atoms with Crippen LogP contribution in [0.2, 0.25) is 0 Å². The van der Waals surface area contributed by atoms with Crippen LogP contribution < -0.4 is 4.72 Å². The van der Waals surface area contributed by atoms with Crippen LogP contribution in [0.3, 0.4) is 0 Å². The Morgan fingerprint density at radius 3 is 2.62 bits per heavy atom. The maximum Gasteiger partial charge on any atom is 0.419 e. The number of halogens is 3. The molecule has 1 aromatic carbocycles. The molecule has 150 valence electrons. The number of aromatic nitrogens is 5. The van der Waals surface area contributed by atoms with Crippen molar-refractivity contribution >= 4 is 27.6 Å². The lowest BCUT2D eigenvalue weighted by molar-refractivity contribution is -0.137. The lowest BCUT2D eigenvalue weighted by Crippen LogP contribution is -2.09. The Kier molecular flexibility index (Phi) is 4.61. The van der Waals surface area contributed by atoms with Gasteiger partial charge in [-0.15, -0.1) is 0 Å². The fourth-order valence-corrected chi connectivity index (χ4v) is 3.89. The first kappa shape index (κ1) is 19.1. The zero-order valence-corrected chi connectivity index (χ0v) is 16.1. The van der Waals surface area contributed by atoms with Crippen LogP contribution in [0.5, 0.6) is 0 Å². The molecule has 3 aromatic heterocycles. The molecule has 0 amide bonds. The van der Waals surface area contributed by atoms with Crippen LogP contribution in [0.15, 0.2) is 53.9 Å². The third kappa shape index (κ3) is 3.60. The number of aryl methyl sites for hydroxylation is 2. The number of benzene rings is 1. The van der Waals surface area contributed by atoms with Crippen LogP contribution in [0.4, 0.5) is 18.9 Å². The molecule has 0 spiro atoms. The Hall–Kier alpha value is -3.21. The summed E-state index contributed by atoms with van der Waals surface area (Å²) in [7, 11) is 0.158. The van der Waals surface area contributed by atoms with Crippen LogP contribution in [0.1, 0.15) is 11.1 Å². The molecule has 0 aliphatic heterocycles. The van der Waals surface area contributed by atoms with Crippen molar-refractivity contribution in [3.63, 3.8) is 0 Å². The van der Waals surface area contributed by atoms with E-state index in [-0.39, 0.29) is 5.82 Å². The monoisotopic (exact) mass is 420 g/mol. The first-order valence-electron chi connectivity index (χ1n) is 8.42. The minimum absolute atomic E-state index is 0.201. The zero-order chi connectivity index (χ0) is 20.8. The smallest absolute Gasteiger partial charge is 0.299 e. The van der Waals surface area contributed by atoms with Crippen molar-refractivity contribution in [1.82, 2.24) is 24.5 Å². The Bertz CT molecular complexity index is 1230. The predicted molar refractivity (Wildman–Crippen MR) is 102 cm³/mol. The minimum atomic E-state index is -4.48. The number of hydrogen-bond acceptors (Lipinski definition) is 4. The summed E-state index contributed by atoms with van der Waals surface area (Å²) >= 11 is 0. The van der Waals surface area contributed by atoms with E-state index in [0.717, 1.165) is 28.0 Å². The van der Waals surface area contributed by atoms with E-state index >= 15 is 0 Å². The number of hydrogen-bond donors (Lipinski definition) is 1. The molecule has 3 heterocycles. The zero-order valence-electron chi connectivity index (χ0n) is 15.3. The van der Waals surface area contributed by atoms with Gasteiger partial charge < -0.3 is 0 Å². The number of pyridine rings is 1. The fraction of sp³-hybridized carbons (Fsp3) is 0.167. The molecule has 7 nitrogen and oxygen atoms in total. The average Bonchev–Trinajstić information content (AvgIpc) is 3.29. The lowest BCUT2D eigenvalue weighted by atomic mass is 10.2. The molecule has 0 bridgehead atoms. The normalized spacial score (nSPS) is 13.0. The summed E-state index contributed by atoms with van der Waals surface area (Å²) in [5, 5.41) is 8.80. The van der Waals surface area contributed by atoms with E-state index in [4.69, 9.17) is 0 Å². The summed E-state index contributed by atoms with van der Waals surface area (Å²) in [4.78, 5) is 4.53. The third-order valence-corrected chi connectivity index (χ3v) is 5.59. The lowest BCUT2D eigenvalue weighted by Gasteiger charge is -2.11. The Morgan fingerprint density at radius 1 is 1.14 bits per heavy atom. The topological polar surface area (TPSA) is 77.6 Å². The van der Waals surface area contributed by atoms with Gasteiger partial charge in [-0.05, 0) is 24.6 Å². The van der Waals surface area contributed by atoms with Crippen molar-refractivity contribution in [2.24, 2.45) is 7.05 Å². The highest BCUT2D eigenvalue weighted by molar-refractivity contribution is 7.86. The summed E-state index contributed by atoms with van der Waals surface area (Å²) in [5.74, 6) is 0.201. The summed E-state index contributed by atoms with van der Waals surface area (Å²) in [6, 6.07) is 7.05. The number of fused-ring (bicyclic) bond motifs is 1. The summed E-state index contributed by atoms with van der Waals surface area (Å²) in [6.07, 6.45) is 0.195. The van der Waals surface area contributed by atoms with Gasteiger partial charge in [0.25, 0.3) is 0 Å². The molecule has 0 saturated carbocycles. The van der Waals surface area contributed by atoms with Gasteiger partial charge in [-0.1, -0.05) is 12.1 Å². The van der Waals surface area contributed by atoms with Gasteiger partial charge in [0.1, 0.15) is 0 Å². The number of anilines is 1. The molecule has 1 unspecified atom stereocenters. The Labute approximate surface area is 165 Å². The highest BCUT2D eigenvalue weighted by Gasteiger charge is 2.32. The molecule has 0 fully saturated rings. The predicted octanol–water partition coefficient (Wildman–Crippen LogP) is 3.62. The van der Waals surface area contributed by atoms with Crippen LogP contribution in [0, 0.1) is 6.92 Å². The second-order valence-electron chi connectivity index (χ2n) is 6.36. The molecule has 0 saturated heterocycles. The molecule has 0 radical (unpaired) electrons. The Balaban J connectivity index is 1.61. The highest BCUT2D eigenvalue weighted by Crippen LogP contribution is 2.29. The fourth-order valence-electron chi connectivity index (χ4n) is 2.91. The molecule has 0 aliphatic carbocycles. The van der Waals surface area contributed by atoms with Gasteiger partial charge in [0.2, 0.25) is 0 Å². The van der Waals surface area contributed by atoms with Crippen molar-refractivity contribution < 1.29 is 17.4 Å². The van der Waals surface area contributed by atoms with Crippen molar-refractivity contribution in [3.05, 3.63) is 60.2 Å². The SMILES string of the molecule is Cc1cc(-n2cc(C(F)(F)F)cn2)ncc1S(=O)Nc1cccc2cnn(C)c12. The van der Waals surface area contributed by atoms with Gasteiger partial charge >= 0.3 is 6.18 Å². The van der Waals surface area contributed by atoms with Gasteiger partial charge in [0.05, 0.1) is 34.1 Å². The van der Waals surface area contributed by atoms with Crippen molar-refractivity contribution in [2.45, 2.75) is 18.0 Å². The quantitative estimate of drug-likeness (QED) is 0.547. The number of para-hydroxylation sites is 1. The number of alkyl halides is 3. The van der Waals surface area contributed by atoms with E-state index in [1.54, 1.807) is 30.9 Å². The van der Waals surface area contributed by atoms with Gasteiger partial charge in [0, 0.05) is 24.8 Å². The maximum absolute atomic E-state index is 12.9. The van der Waals surface area contributed by atoms with Crippen LogP contribution in [0.25, 0.3) is 16.7 Å². The largest absolute Gasteiger partial charge is 0.419 e. The van der Waals surface area contributed by atoms with E-state index in [9.17, 15) is 17.4 Å². The summed E-state index contributed by atoms with van der Waals surface area (Å²) < 4.78 is 56.8. The molecular formula is C18H15F3N6OS. The molecule has 11 heteroatoms. The molecule has 0 aliphatic rings. The minimum Gasteiger partial charge on any atom is -0.299 e. The van der Waals surface area contributed by atoms with Crippen molar-refractivity contribution in [2.75, 3.05) is 4.72 Å². The summed E-state index contributed by atoms with van der Waals surface area (Å²) in [5.41, 5.74) is 1.18.